The van der Waals surface area contributed by atoms with Gasteiger partial charge in [-0.05, 0) is 0 Å². The maximum absolute atomic E-state index is 8.29. The smallest absolute Gasteiger partial charge is 0.169 e. The highest BCUT2D eigenvalue weighted by atomic mass is 79.9. The second kappa shape index (κ2) is 7.94. The lowest BCUT2D eigenvalue weighted by atomic mass is 10.3. The topological polar surface area (TPSA) is 36.5 Å². The molecule has 1 N–H and O–H groups in total. The van der Waals surface area contributed by atoms with Gasteiger partial charge in [0.25, 0.3) is 0 Å². The average Bonchev–Trinajstić information content (AvgIpc) is 2.17. The molecule has 1 aromatic heterocycles. The number of aromatic nitrogens is 1. The van der Waals surface area contributed by atoms with E-state index < -0.39 is 0 Å². The Bertz CT molecular complexity index is 275. The summed E-state index contributed by atoms with van der Waals surface area (Å²) in [5, 5.41) is 12.3. The predicted molar refractivity (Wildman–Crippen MR) is 54.4 cm³/mol. The molecule has 0 radical (unpaired) electrons. The van der Waals surface area contributed by atoms with Crippen molar-refractivity contribution in [1.82, 2.24) is 0 Å². The van der Waals surface area contributed by atoms with E-state index in [1.807, 2.05) is 24.5 Å². The van der Waals surface area contributed by atoms with Crippen molar-refractivity contribution in [2.75, 3.05) is 5.33 Å². The summed E-state index contributed by atoms with van der Waals surface area (Å²) in [6.45, 7) is 1.00. The summed E-state index contributed by atoms with van der Waals surface area (Å²) >= 11 is 3.38. The molecular weight excluding hydrogens is 312 g/mol. The Morgan fingerprint density at radius 2 is 2.07 bits per heavy atom. The van der Waals surface area contributed by atoms with Crippen molar-refractivity contribution in [2.24, 2.45) is 5.16 Å². The SMILES string of the molecule is O/N=C/c1cc[n+](CCCBr)cc1.[Br-]. The first-order valence-electron chi connectivity index (χ1n) is 4.09. The van der Waals surface area contributed by atoms with Gasteiger partial charge in [0.15, 0.2) is 12.4 Å². The van der Waals surface area contributed by atoms with Crippen LogP contribution in [0, 0.1) is 0 Å². The van der Waals surface area contributed by atoms with E-state index in [2.05, 4.69) is 25.7 Å². The van der Waals surface area contributed by atoms with E-state index in [-0.39, 0.29) is 17.0 Å². The maximum Gasteiger partial charge on any atom is 0.169 e. The van der Waals surface area contributed by atoms with Gasteiger partial charge in [0, 0.05) is 29.4 Å². The van der Waals surface area contributed by atoms with E-state index in [4.69, 9.17) is 5.21 Å². The van der Waals surface area contributed by atoms with Gasteiger partial charge in [0.2, 0.25) is 0 Å². The molecule has 0 aliphatic rings. The van der Waals surface area contributed by atoms with E-state index in [0.717, 1.165) is 23.9 Å². The lowest BCUT2D eigenvalue weighted by Crippen LogP contribution is -3.00. The van der Waals surface area contributed by atoms with Crippen LogP contribution in [0.2, 0.25) is 0 Å². The highest BCUT2D eigenvalue weighted by molar-refractivity contribution is 9.09. The van der Waals surface area contributed by atoms with Crippen LogP contribution in [-0.4, -0.2) is 16.8 Å². The molecule has 0 fully saturated rings. The number of alkyl halides is 1. The fourth-order valence-electron chi connectivity index (χ4n) is 1.01. The predicted octanol–water partition coefficient (Wildman–Crippen LogP) is -1.43. The van der Waals surface area contributed by atoms with Crippen molar-refractivity contribution < 1.29 is 26.8 Å². The summed E-state index contributed by atoms with van der Waals surface area (Å²) < 4.78 is 2.09. The number of halogens is 2. The first kappa shape index (κ1) is 13.6. The van der Waals surface area contributed by atoms with Crippen LogP contribution < -0.4 is 21.5 Å². The molecule has 14 heavy (non-hydrogen) atoms. The van der Waals surface area contributed by atoms with Crippen LogP contribution in [0.5, 0.6) is 0 Å². The van der Waals surface area contributed by atoms with Crippen LogP contribution in [0.1, 0.15) is 12.0 Å². The summed E-state index contributed by atoms with van der Waals surface area (Å²) in [6.07, 6.45) is 6.46. The lowest BCUT2D eigenvalue weighted by Gasteiger charge is -1.94. The standard InChI is InChI=1S/C9H11BrN2O.BrH/c10-4-1-5-12-6-2-9(3-7-12)8-11-13;/h2-3,6-8H,1,4-5H2;1H. The van der Waals surface area contributed by atoms with Crippen molar-refractivity contribution in [1.29, 1.82) is 0 Å². The van der Waals surface area contributed by atoms with Gasteiger partial charge >= 0.3 is 0 Å². The molecule has 1 heterocycles. The molecule has 0 saturated carbocycles. The van der Waals surface area contributed by atoms with Crippen molar-refractivity contribution in [2.45, 2.75) is 13.0 Å². The van der Waals surface area contributed by atoms with Gasteiger partial charge in [-0.1, -0.05) is 21.1 Å². The molecule has 0 amide bonds. The molecule has 78 valence electrons. The minimum absolute atomic E-state index is 0. The van der Waals surface area contributed by atoms with E-state index in [9.17, 15) is 0 Å². The van der Waals surface area contributed by atoms with Crippen LogP contribution >= 0.6 is 15.9 Å². The van der Waals surface area contributed by atoms with E-state index in [0.29, 0.717) is 0 Å². The summed E-state index contributed by atoms with van der Waals surface area (Å²) in [5.74, 6) is 0. The fourth-order valence-corrected chi connectivity index (χ4v) is 1.26. The Morgan fingerprint density at radius 1 is 1.43 bits per heavy atom. The second-order valence-electron chi connectivity index (χ2n) is 2.66. The molecule has 0 atom stereocenters. The Morgan fingerprint density at radius 3 is 2.57 bits per heavy atom. The highest BCUT2D eigenvalue weighted by Gasteiger charge is 1.98. The normalized spacial score (nSPS) is 10.1. The van der Waals surface area contributed by atoms with E-state index in [1.54, 1.807) is 0 Å². The van der Waals surface area contributed by atoms with Crippen molar-refractivity contribution in [3.8, 4) is 0 Å². The third-order valence-corrected chi connectivity index (χ3v) is 2.23. The highest BCUT2D eigenvalue weighted by Crippen LogP contribution is 1.91. The van der Waals surface area contributed by atoms with Gasteiger partial charge in [-0.2, -0.15) is 0 Å². The molecule has 0 aliphatic heterocycles. The molecule has 0 unspecified atom stereocenters. The van der Waals surface area contributed by atoms with Crippen molar-refractivity contribution >= 4 is 22.1 Å². The number of aryl methyl sites for hydroxylation is 1. The molecule has 0 bridgehead atoms. The minimum Gasteiger partial charge on any atom is -1.00 e. The van der Waals surface area contributed by atoms with E-state index in [1.165, 1.54) is 6.21 Å². The molecule has 0 spiro atoms. The van der Waals surface area contributed by atoms with Crippen LogP contribution in [0.4, 0.5) is 0 Å². The largest absolute Gasteiger partial charge is 1.00 e. The summed E-state index contributed by atoms with van der Waals surface area (Å²) in [4.78, 5) is 0. The molecule has 3 nitrogen and oxygen atoms in total. The maximum atomic E-state index is 8.29. The lowest BCUT2D eigenvalue weighted by molar-refractivity contribution is -0.696. The second-order valence-corrected chi connectivity index (χ2v) is 3.45. The van der Waals surface area contributed by atoms with Gasteiger partial charge in [-0.15, -0.1) is 0 Å². The Kier molecular flexibility index (Phi) is 7.70. The Hall–Kier alpha value is -0.420. The third-order valence-electron chi connectivity index (χ3n) is 1.67. The van der Waals surface area contributed by atoms with Gasteiger partial charge in [0.05, 0.1) is 6.21 Å². The van der Waals surface area contributed by atoms with Gasteiger partial charge < -0.3 is 22.2 Å². The minimum atomic E-state index is 0. The third kappa shape index (κ3) is 4.72. The van der Waals surface area contributed by atoms with Crippen LogP contribution in [-0.2, 0) is 6.54 Å². The van der Waals surface area contributed by atoms with Crippen LogP contribution in [0.3, 0.4) is 0 Å². The first-order chi connectivity index (χ1) is 6.36. The molecule has 1 rings (SSSR count). The zero-order valence-electron chi connectivity index (χ0n) is 7.61. The molecule has 0 saturated heterocycles. The fraction of sp³-hybridized carbons (Fsp3) is 0.333. The zero-order valence-corrected chi connectivity index (χ0v) is 10.8. The number of pyridine rings is 1. The molecule has 5 heteroatoms. The van der Waals surface area contributed by atoms with Gasteiger partial charge in [-0.3, -0.25) is 0 Å². The van der Waals surface area contributed by atoms with Crippen LogP contribution in [0.15, 0.2) is 29.7 Å². The zero-order chi connectivity index (χ0) is 9.52. The van der Waals surface area contributed by atoms with Crippen LogP contribution in [0.25, 0.3) is 0 Å². The molecule has 1 aromatic rings. The molecular formula is C9H12Br2N2O. The number of hydrogen-bond acceptors (Lipinski definition) is 2. The summed E-state index contributed by atoms with van der Waals surface area (Å²) in [6, 6.07) is 3.82. The monoisotopic (exact) mass is 322 g/mol. The average molecular weight is 324 g/mol. The number of rotatable bonds is 4. The van der Waals surface area contributed by atoms with E-state index >= 15 is 0 Å². The van der Waals surface area contributed by atoms with Crippen molar-refractivity contribution in [3.63, 3.8) is 0 Å². The molecule has 0 aromatic carbocycles. The Balaban J connectivity index is 0.00000169. The number of hydrogen-bond donors (Lipinski definition) is 1. The number of oxime groups is 1. The molecule has 0 aliphatic carbocycles. The number of nitrogens with zero attached hydrogens (tertiary/aromatic N) is 2. The van der Waals surface area contributed by atoms with Gasteiger partial charge in [-0.25, -0.2) is 4.57 Å². The van der Waals surface area contributed by atoms with Crippen molar-refractivity contribution in [3.05, 3.63) is 30.1 Å². The summed E-state index contributed by atoms with van der Waals surface area (Å²) in [5.41, 5.74) is 0.901. The summed E-state index contributed by atoms with van der Waals surface area (Å²) in [7, 11) is 0. The quantitative estimate of drug-likeness (QED) is 0.238. The Labute approximate surface area is 102 Å². The first-order valence-corrected chi connectivity index (χ1v) is 5.21. The van der Waals surface area contributed by atoms with Gasteiger partial charge in [0.1, 0.15) is 6.54 Å².